The molecule has 0 saturated carbocycles. The molecule has 0 aromatic heterocycles. The minimum absolute atomic E-state index is 0.00317. The minimum atomic E-state index is -3.65. The molecule has 2 atom stereocenters. The fraction of sp³-hybridized carbons (Fsp3) is 0.364. The van der Waals surface area contributed by atoms with Gasteiger partial charge in [-0.1, -0.05) is 42.5 Å². The average molecular weight is 446 g/mol. The Kier molecular flexibility index (Phi) is 7.42. The van der Waals surface area contributed by atoms with E-state index in [1.165, 1.54) is 7.05 Å². The van der Waals surface area contributed by atoms with E-state index in [1.54, 1.807) is 54.6 Å². The second-order valence-electron chi connectivity index (χ2n) is 7.47. The maximum atomic E-state index is 13.2. The number of rotatable bonds is 8. The first kappa shape index (κ1) is 22.9. The first-order valence-corrected chi connectivity index (χ1v) is 11.9. The third kappa shape index (κ3) is 5.90. The van der Waals surface area contributed by atoms with Crippen molar-refractivity contribution in [2.24, 2.45) is 0 Å². The molecule has 3 rings (SSSR count). The molecule has 0 aliphatic carbocycles. The SMILES string of the molecule is CN([C@@H](C(=O)Nc1ccccc1C(=O)NC[C@@H]1CCCO1)c1ccccc1)S(C)(=O)=O. The topological polar surface area (TPSA) is 105 Å². The van der Waals surface area contributed by atoms with E-state index in [9.17, 15) is 18.0 Å². The first-order chi connectivity index (χ1) is 14.8. The Morgan fingerprint density at radius 2 is 1.81 bits per heavy atom. The Labute approximate surface area is 182 Å². The highest BCUT2D eigenvalue weighted by atomic mass is 32.2. The number of para-hydroxylation sites is 1. The van der Waals surface area contributed by atoms with Crippen molar-refractivity contribution >= 4 is 27.5 Å². The third-order valence-electron chi connectivity index (χ3n) is 5.19. The Balaban J connectivity index is 1.81. The number of carbonyl (C=O) groups excluding carboxylic acids is 2. The molecule has 2 aromatic rings. The highest BCUT2D eigenvalue weighted by Gasteiger charge is 2.31. The van der Waals surface area contributed by atoms with Crippen LogP contribution in [0.25, 0.3) is 0 Å². The predicted molar refractivity (Wildman–Crippen MR) is 118 cm³/mol. The standard InChI is InChI=1S/C22H27N3O5S/c1-25(31(2,28)29)20(16-9-4-3-5-10-16)22(27)24-19-13-7-6-12-18(19)21(26)23-15-17-11-8-14-30-17/h3-7,9-10,12-13,17,20H,8,11,14-15H2,1-2H3,(H,23,26)(H,24,27)/t17-,20+/m0/s1. The second-order valence-corrected chi connectivity index (χ2v) is 9.51. The number of hydrogen-bond acceptors (Lipinski definition) is 5. The van der Waals surface area contributed by atoms with E-state index in [4.69, 9.17) is 4.74 Å². The van der Waals surface area contributed by atoms with Crippen LogP contribution in [0.1, 0.15) is 34.8 Å². The van der Waals surface area contributed by atoms with E-state index >= 15 is 0 Å². The van der Waals surface area contributed by atoms with Crippen molar-refractivity contribution in [2.45, 2.75) is 25.0 Å². The zero-order valence-corrected chi connectivity index (χ0v) is 18.4. The van der Waals surface area contributed by atoms with Crippen molar-refractivity contribution < 1.29 is 22.7 Å². The molecule has 1 saturated heterocycles. The van der Waals surface area contributed by atoms with Crippen LogP contribution in [0.2, 0.25) is 0 Å². The molecule has 0 bridgehead atoms. The van der Waals surface area contributed by atoms with E-state index < -0.39 is 22.0 Å². The van der Waals surface area contributed by atoms with Gasteiger partial charge in [0, 0.05) is 20.2 Å². The lowest BCUT2D eigenvalue weighted by atomic mass is 10.1. The molecule has 2 N–H and O–H groups in total. The van der Waals surface area contributed by atoms with Crippen LogP contribution in [-0.2, 0) is 19.6 Å². The summed E-state index contributed by atoms with van der Waals surface area (Å²) in [6, 6.07) is 14.2. The summed E-state index contributed by atoms with van der Waals surface area (Å²) >= 11 is 0. The molecule has 1 heterocycles. The maximum Gasteiger partial charge on any atom is 0.253 e. The largest absolute Gasteiger partial charge is 0.376 e. The normalized spacial score (nSPS) is 17.3. The van der Waals surface area contributed by atoms with Gasteiger partial charge in [-0.15, -0.1) is 0 Å². The van der Waals surface area contributed by atoms with Crippen LogP contribution in [-0.4, -0.2) is 57.1 Å². The van der Waals surface area contributed by atoms with E-state index in [0.717, 1.165) is 23.4 Å². The average Bonchev–Trinajstić information content (AvgIpc) is 3.26. The lowest BCUT2D eigenvalue weighted by Gasteiger charge is -2.26. The van der Waals surface area contributed by atoms with Gasteiger partial charge in [0.05, 0.1) is 23.6 Å². The maximum absolute atomic E-state index is 13.2. The van der Waals surface area contributed by atoms with Crippen LogP contribution in [0.5, 0.6) is 0 Å². The molecule has 2 amide bonds. The van der Waals surface area contributed by atoms with Crippen molar-refractivity contribution in [3.8, 4) is 0 Å². The summed E-state index contributed by atoms with van der Waals surface area (Å²) in [6.45, 7) is 1.09. The van der Waals surface area contributed by atoms with Gasteiger partial charge in [-0.05, 0) is 30.5 Å². The number of ether oxygens (including phenoxy) is 1. The number of carbonyl (C=O) groups is 2. The number of nitrogens with one attached hydrogen (secondary N) is 2. The number of likely N-dealkylation sites (N-methyl/N-ethyl adjacent to an activating group) is 1. The van der Waals surface area contributed by atoms with Gasteiger partial charge in [0.15, 0.2) is 0 Å². The lowest BCUT2D eigenvalue weighted by molar-refractivity contribution is -0.119. The molecule has 1 aliphatic rings. The molecule has 1 aliphatic heterocycles. The van der Waals surface area contributed by atoms with E-state index in [0.29, 0.717) is 30.0 Å². The molecule has 166 valence electrons. The fourth-order valence-corrected chi connectivity index (χ4v) is 4.05. The van der Waals surface area contributed by atoms with E-state index in [2.05, 4.69) is 10.6 Å². The zero-order valence-electron chi connectivity index (χ0n) is 17.6. The van der Waals surface area contributed by atoms with Crippen LogP contribution in [0, 0.1) is 0 Å². The van der Waals surface area contributed by atoms with Gasteiger partial charge < -0.3 is 15.4 Å². The highest BCUT2D eigenvalue weighted by Crippen LogP contribution is 2.25. The molecule has 1 fully saturated rings. The number of hydrogen-bond donors (Lipinski definition) is 2. The van der Waals surface area contributed by atoms with Gasteiger partial charge in [0.25, 0.3) is 5.91 Å². The smallest absolute Gasteiger partial charge is 0.253 e. The highest BCUT2D eigenvalue weighted by molar-refractivity contribution is 7.88. The van der Waals surface area contributed by atoms with Gasteiger partial charge in [-0.2, -0.15) is 4.31 Å². The van der Waals surface area contributed by atoms with Crippen molar-refractivity contribution in [3.05, 3.63) is 65.7 Å². The molecule has 0 unspecified atom stereocenters. The summed E-state index contributed by atoms with van der Waals surface area (Å²) in [7, 11) is -2.30. The quantitative estimate of drug-likeness (QED) is 0.648. The number of benzene rings is 2. The first-order valence-electron chi connectivity index (χ1n) is 10.0. The summed E-state index contributed by atoms with van der Waals surface area (Å²) < 4.78 is 30.9. The van der Waals surface area contributed by atoms with Crippen LogP contribution < -0.4 is 10.6 Å². The summed E-state index contributed by atoms with van der Waals surface area (Å²) in [6.07, 6.45) is 2.91. The second kappa shape index (κ2) is 10.0. The van der Waals surface area contributed by atoms with Gasteiger partial charge in [-0.25, -0.2) is 8.42 Å². The van der Waals surface area contributed by atoms with Crippen LogP contribution in [0.4, 0.5) is 5.69 Å². The van der Waals surface area contributed by atoms with Gasteiger partial charge in [0.1, 0.15) is 6.04 Å². The van der Waals surface area contributed by atoms with Crippen LogP contribution in [0.15, 0.2) is 54.6 Å². The van der Waals surface area contributed by atoms with E-state index in [1.807, 2.05) is 0 Å². The molecule has 2 aromatic carbocycles. The third-order valence-corrected chi connectivity index (χ3v) is 6.45. The van der Waals surface area contributed by atoms with Crippen molar-refractivity contribution in [2.75, 3.05) is 31.8 Å². The monoisotopic (exact) mass is 445 g/mol. The van der Waals surface area contributed by atoms with Gasteiger partial charge >= 0.3 is 0 Å². The van der Waals surface area contributed by atoms with Gasteiger partial charge in [-0.3, -0.25) is 9.59 Å². The molecule has 0 spiro atoms. The fourth-order valence-electron chi connectivity index (χ4n) is 3.45. The predicted octanol–water partition coefficient (Wildman–Crippen LogP) is 2.17. The molecular weight excluding hydrogens is 418 g/mol. The van der Waals surface area contributed by atoms with Crippen molar-refractivity contribution in [1.82, 2.24) is 9.62 Å². The summed E-state index contributed by atoms with van der Waals surface area (Å²) in [5.74, 6) is -0.891. The minimum Gasteiger partial charge on any atom is -0.376 e. The molecule has 8 nitrogen and oxygen atoms in total. The van der Waals surface area contributed by atoms with Crippen molar-refractivity contribution in [1.29, 1.82) is 0 Å². The van der Waals surface area contributed by atoms with Crippen LogP contribution in [0.3, 0.4) is 0 Å². The Hall–Kier alpha value is -2.75. The van der Waals surface area contributed by atoms with E-state index in [-0.39, 0.29) is 12.0 Å². The Morgan fingerprint density at radius 1 is 1.13 bits per heavy atom. The number of amides is 2. The van der Waals surface area contributed by atoms with Gasteiger partial charge in [0.2, 0.25) is 15.9 Å². The number of anilines is 1. The number of nitrogens with zero attached hydrogens (tertiary/aromatic N) is 1. The molecule has 31 heavy (non-hydrogen) atoms. The summed E-state index contributed by atoms with van der Waals surface area (Å²) in [5, 5.41) is 5.57. The van der Waals surface area contributed by atoms with Crippen molar-refractivity contribution in [3.63, 3.8) is 0 Å². The molecule has 9 heteroatoms. The molecule has 0 radical (unpaired) electrons. The number of sulfonamides is 1. The molecular formula is C22H27N3O5S. The summed E-state index contributed by atoms with van der Waals surface area (Å²) in [5.41, 5.74) is 1.12. The lowest BCUT2D eigenvalue weighted by Crippen LogP contribution is -2.38. The Morgan fingerprint density at radius 3 is 2.45 bits per heavy atom. The Bertz CT molecular complexity index is 1020. The summed E-state index contributed by atoms with van der Waals surface area (Å²) in [4.78, 5) is 25.9. The zero-order chi connectivity index (χ0) is 22.4. The van der Waals surface area contributed by atoms with Crippen LogP contribution >= 0.6 is 0 Å².